The Morgan fingerprint density at radius 2 is 2.19 bits per heavy atom. The lowest BCUT2D eigenvalue weighted by atomic mass is 10.0. The average Bonchev–Trinajstić information content (AvgIpc) is 2.64. The number of piperidine rings is 1. The van der Waals surface area contributed by atoms with Gasteiger partial charge < -0.3 is 15.1 Å². The van der Waals surface area contributed by atoms with Crippen LogP contribution in [0.15, 0.2) is 23.2 Å². The molecule has 140 valence electrons. The second-order valence-corrected chi connectivity index (χ2v) is 6.49. The first-order valence-electron chi connectivity index (χ1n) is 8.43. The van der Waals surface area contributed by atoms with E-state index in [1.54, 1.807) is 17.9 Å². The largest absolute Gasteiger partial charge is 0.450 e. The van der Waals surface area contributed by atoms with Crippen LogP contribution in [0.5, 0.6) is 0 Å². The summed E-state index contributed by atoms with van der Waals surface area (Å²) in [5, 5.41) is 11.1. The Labute approximate surface area is 155 Å². The summed E-state index contributed by atoms with van der Waals surface area (Å²) in [7, 11) is 0. The number of nitro benzene ring substituents is 1. The Kier molecular flexibility index (Phi) is 5.58. The summed E-state index contributed by atoms with van der Waals surface area (Å²) >= 11 is 6.21. The molecule has 0 saturated carbocycles. The molecule has 1 atom stereocenters. The van der Waals surface area contributed by atoms with E-state index in [1.165, 1.54) is 12.1 Å². The number of alkyl halides is 1. The van der Waals surface area contributed by atoms with E-state index in [-0.39, 0.29) is 17.8 Å². The number of nitro groups is 1. The molecule has 2 N–H and O–H groups in total. The Bertz CT molecular complexity index is 733. The molecule has 0 radical (unpaired) electrons. The van der Waals surface area contributed by atoms with Gasteiger partial charge in [-0.15, -0.1) is 0 Å². The number of nitrogens with zero attached hydrogens (tertiary/aromatic N) is 3. The fourth-order valence-corrected chi connectivity index (χ4v) is 3.28. The van der Waals surface area contributed by atoms with E-state index in [1.807, 2.05) is 0 Å². The number of halogens is 1. The molecule has 1 fully saturated rings. The number of carbonyl (C=O) groups is 1. The second-order valence-electron chi connectivity index (χ2n) is 6.06. The lowest BCUT2D eigenvalue weighted by Gasteiger charge is -2.31. The van der Waals surface area contributed by atoms with Crippen LogP contribution >= 0.6 is 11.6 Å². The van der Waals surface area contributed by atoms with Crippen LogP contribution in [-0.2, 0) is 4.74 Å². The van der Waals surface area contributed by atoms with Crippen molar-refractivity contribution >= 4 is 29.2 Å². The number of hydrogen-bond donors (Lipinski definition) is 2. The van der Waals surface area contributed by atoms with Gasteiger partial charge >= 0.3 is 6.09 Å². The van der Waals surface area contributed by atoms with Crippen LogP contribution in [-0.4, -0.2) is 47.5 Å². The van der Waals surface area contributed by atoms with Crippen LogP contribution in [0.1, 0.15) is 36.4 Å². The van der Waals surface area contributed by atoms with Crippen molar-refractivity contribution in [1.82, 2.24) is 15.8 Å². The van der Waals surface area contributed by atoms with Crippen molar-refractivity contribution in [3.8, 4) is 0 Å². The molecule has 1 saturated heterocycles. The molecule has 1 aromatic carbocycles. The summed E-state index contributed by atoms with van der Waals surface area (Å²) in [5.74, 6) is 0.523. The van der Waals surface area contributed by atoms with E-state index in [0.29, 0.717) is 43.9 Å². The molecule has 3 rings (SSSR count). The number of nitrogens with one attached hydrogen (secondary N) is 2. The quantitative estimate of drug-likeness (QED) is 0.360. The van der Waals surface area contributed by atoms with Crippen molar-refractivity contribution in [2.24, 2.45) is 4.99 Å². The number of carbonyl (C=O) groups excluding carboxylic acids is 1. The van der Waals surface area contributed by atoms with Crippen LogP contribution in [0.25, 0.3) is 0 Å². The Hall–Kier alpha value is -2.39. The zero-order chi connectivity index (χ0) is 18.7. The van der Waals surface area contributed by atoms with Gasteiger partial charge in [-0.2, -0.15) is 0 Å². The number of fused-ring (bicyclic) bond motifs is 1. The number of benzene rings is 1. The summed E-state index contributed by atoms with van der Waals surface area (Å²) < 4.78 is 5.01. The zero-order valence-corrected chi connectivity index (χ0v) is 15.0. The third-order valence-electron chi connectivity index (χ3n) is 4.40. The minimum Gasteiger partial charge on any atom is -0.450 e. The van der Waals surface area contributed by atoms with E-state index in [9.17, 15) is 14.9 Å². The smallest absolute Gasteiger partial charge is 0.409 e. The number of ether oxygens (including phenoxy) is 1. The fraction of sp³-hybridized carbons (Fsp3) is 0.500. The number of amidine groups is 1. The predicted molar refractivity (Wildman–Crippen MR) is 96.1 cm³/mol. The van der Waals surface area contributed by atoms with Gasteiger partial charge in [-0.05, 0) is 31.4 Å². The third kappa shape index (κ3) is 3.88. The lowest BCUT2D eigenvalue weighted by Crippen LogP contribution is -2.45. The molecule has 26 heavy (non-hydrogen) atoms. The minimum atomic E-state index is -0.504. The van der Waals surface area contributed by atoms with E-state index in [2.05, 4.69) is 10.9 Å². The van der Waals surface area contributed by atoms with Crippen molar-refractivity contribution in [2.75, 3.05) is 19.7 Å². The van der Waals surface area contributed by atoms with E-state index >= 15 is 0 Å². The molecule has 2 heterocycles. The molecule has 0 bridgehead atoms. The van der Waals surface area contributed by atoms with Gasteiger partial charge in [0.2, 0.25) is 0 Å². The first-order chi connectivity index (χ1) is 12.5. The molecule has 1 aromatic rings. The maximum Gasteiger partial charge on any atom is 0.409 e. The highest BCUT2D eigenvalue weighted by molar-refractivity contribution is 6.22. The van der Waals surface area contributed by atoms with Crippen molar-refractivity contribution in [3.05, 3.63) is 39.4 Å². The van der Waals surface area contributed by atoms with E-state index in [4.69, 9.17) is 21.3 Å². The van der Waals surface area contributed by atoms with Gasteiger partial charge in [-0.25, -0.2) is 10.2 Å². The van der Waals surface area contributed by atoms with Gasteiger partial charge in [0.15, 0.2) is 0 Å². The Morgan fingerprint density at radius 1 is 1.46 bits per heavy atom. The number of rotatable bonds is 3. The summed E-state index contributed by atoms with van der Waals surface area (Å²) in [5.41, 5.74) is 6.67. The van der Waals surface area contributed by atoms with Gasteiger partial charge in [-0.3, -0.25) is 15.1 Å². The van der Waals surface area contributed by atoms with Gasteiger partial charge in [0.05, 0.1) is 17.6 Å². The van der Waals surface area contributed by atoms with Crippen molar-refractivity contribution in [2.45, 2.75) is 31.3 Å². The van der Waals surface area contributed by atoms with Crippen LogP contribution in [0.2, 0.25) is 0 Å². The number of hydrazine groups is 1. The summed E-state index contributed by atoms with van der Waals surface area (Å²) in [4.78, 5) is 28.7. The molecule has 2 aliphatic rings. The van der Waals surface area contributed by atoms with Crippen LogP contribution < -0.4 is 10.9 Å². The molecule has 10 heteroatoms. The molecule has 1 amide bonds. The van der Waals surface area contributed by atoms with Gasteiger partial charge in [-0.1, -0.05) is 11.6 Å². The topological polar surface area (TPSA) is 109 Å². The Balaban J connectivity index is 1.76. The fourth-order valence-electron chi connectivity index (χ4n) is 3.04. The number of hydrogen-bond acceptors (Lipinski definition) is 6. The normalized spacial score (nSPS) is 21.8. The van der Waals surface area contributed by atoms with Gasteiger partial charge in [0.25, 0.3) is 5.69 Å². The molecular weight excluding hydrogens is 362 g/mol. The van der Waals surface area contributed by atoms with E-state index in [0.717, 1.165) is 5.56 Å². The lowest BCUT2D eigenvalue weighted by molar-refractivity contribution is -0.384. The summed E-state index contributed by atoms with van der Waals surface area (Å²) in [6.07, 6.45) is 1.08. The standard InChI is InChI=1S/C16H20ClN5O4/c1-2-26-16(23)21-7-5-10(6-8-21)18-15-13-9-11(22(24)25)3-4-12(13)14(17)19-20-15/h3-4,9-10,14,19H,2,5-8H2,1H3,(H,18,20). The summed E-state index contributed by atoms with van der Waals surface area (Å²) in [6.45, 7) is 3.26. The predicted octanol–water partition coefficient (Wildman–Crippen LogP) is 2.31. The number of aliphatic imine (C=N–C) groups is 1. The maximum absolute atomic E-state index is 11.8. The molecule has 9 nitrogen and oxygen atoms in total. The Morgan fingerprint density at radius 3 is 2.85 bits per heavy atom. The monoisotopic (exact) mass is 381 g/mol. The van der Waals surface area contributed by atoms with Crippen molar-refractivity contribution < 1.29 is 14.5 Å². The highest BCUT2D eigenvalue weighted by Gasteiger charge is 2.27. The van der Waals surface area contributed by atoms with Gasteiger partial charge in [0, 0.05) is 30.8 Å². The molecule has 0 spiro atoms. The molecular formula is C16H20ClN5O4. The highest BCUT2D eigenvalue weighted by atomic mass is 35.5. The average molecular weight is 382 g/mol. The molecule has 2 aliphatic heterocycles. The zero-order valence-electron chi connectivity index (χ0n) is 14.3. The minimum absolute atomic E-state index is 0.00367. The SMILES string of the molecule is CCOC(=O)N1CCC(N=C2NNC(Cl)c3ccc([N+](=O)[O-])cc32)CC1. The molecule has 0 aromatic heterocycles. The molecule has 0 aliphatic carbocycles. The maximum atomic E-state index is 11.8. The number of non-ortho nitro benzene ring substituents is 1. The second kappa shape index (κ2) is 7.88. The van der Waals surface area contributed by atoms with E-state index < -0.39 is 10.4 Å². The third-order valence-corrected chi connectivity index (χ3v) is 4.74. The van der Waals surface area contributed by atoms with Crippen LogP contribution in [0.4, 0.5) is 10.5 Å². The number of likely N-dealkylation sites (tertiary alicyclic amines) is 1. The van der Waals surface area contributed by atoms with Crippen molar-refractivity contribution in [1.29, 1.82) is 0 Å². The number of amides is 1. The molecule has 1 unspecified atom stereocenters. The van der Waals surface area contributed by atoms with Crippen LogP contribution in [0.3, 0.4) is 0 Å². The van der Waals surface area contributed by atoms with Crippen molar-refractivity contribution in [3.63, 3.8) is 0 Å². The van der Waals surface area contributed by atoms with Gasteiger partial charge in [0.1, 0.15) is 11.3 Å². The summed E-state index contributed by atoms with van der Waals surface area (Å²) in [6, 6.07) is 4.54. The first kappa shape index (κ1) is 18.4. The highest BCUT2D eigenvalue weighted by Crippen LogP contribution is 2.28. The van der Waals surface area contributed by atoms with Crippen LogP contribution in [0, 0.1) is 10.1 Å². The first-order valence-corrected chi connectivity index (χ1v) is 8.87.